The van der Waals surface area contributed by atoms with Crippen LogP contribution in [0.2, 0.25) is 0 Å². The summed E-state index contributed by atoms with van der Waals surface area (Å²) in [6.07, 6.45) is 4.27. The molecule has 1 aliphatic rings. The minimum Gasteiger partial charge on any atom is -0.321 e. The molecule has 1 fully saturated rings. The SMILES string of the molecule is CCC(C)C1NC(c2ccc(C)s2)N(CCCSC)C1=O. The van der Waals surface area contributed by atoms with Crippen molar-refractivity contribution in [1.82, 2.24) is 10.2 Å². The molecule has 0 spiro atoms. The average molecular weight is 327 g/mol. The van der Waals surface area contributed by atoms with Gasteiger partial charge in [0.1, 0.15) is 6.17 Å². The lowest BCUT2D eigenvalue weighted by Crippen LogP contribution is -2.36. The second kappa shape index (κ2) is 7.65. The van der Waals surface area contributed by atoms with Gasteiger partial charge in [0.05, 0.1) is 6.04 Å². The quantitative estimate of drug-likeness (QED) is 0.776. The molecular weight excluding hydrogens is 300 g/mol. The number of nitrogens with zero attached hydrogens (tertiary/aromatic N) is 1. The van der Waals surface area contributed by atoms with Gasteiger partial charge in [-0.25, -0.2) is 0 Å². The Labute approximate surface area is 136 Å². The van der Waals surface area contributed by atoms with Crippen LogP contribution in [0.15, 0.2) is 12.1 Å². The Morgan fingerprint density at radius 2 is 2.24 bits per heavy atom. The van der Waals surface area contributed by atoms with Gasteiger partial charge < -0.3 is 4.90 Å². The topological polar surface area (TPSA) is 32.3 Å². The summed E-state index contributed by atoms with van der Waals surface area (Å²) in [5, 5.41) is 3.58. The molecule has 1 aromatic rings. The number of hydrogen-bond acceptors (Lipinski definition) is 4. The number of thiophene rings is 1. The molecule has 2 heterocycles. The van der Waals surface area contributed by atoms with Crippen molar-refractivity contribution < 1.29 is 4.79 Å². The number of thioether (sulfide) groups is 1. The van der Waals surface area contributed by atoms with Crippen LogP contribution >= 0.6 is 23.1 Å². The lowest BCUT2D eigenvalue weighted by Gasteiger charge is -2.23. The van der Waals surface area contributed by atoms with Crippen molar-refractivity contribution in [3.8, 4) is 0 Å². The summed E-state index contributed by atoms with van der Waals surface area (Å²) >= 11 is 3.63. The van der Waals surface area contributed by atoms with Gasteiger partial charge in [0.2, 0.25) is 5.91 Å². The van der Waals surface area contributed by atoms with Crippen LogP contribution in [-0.4, -0.2) is 35.4 Å². The second-order valence-electron chi connectivity index (χ2n) is 5.76. The first-order chi connectivity index (χ1) is 10.1. The van der Waals surface area contributed by atoms with Crippen LogP contribution in [0.25, 0.3) is 0 Å². The zero-order valence-corrected chi connectivity index (χ0v) is 15.0. The molecule has 1 aliphatic heterocycles. The van der Waals surface area contributed by atoms with Crippen LogP contribution in [-0.2, 0) is 4.79 Å². The molecule has 0 radical (unpaired) electrons. The van der Waals surface area contributed by atoms with Gasteiger partial charge in [-0.1, -0.05) is 20.3 Å². The van der Waals surface area contributed by atoms with Gasteiger partial charge in [0, 0.05) is 16.3 Å². The molecule has 118 valence electrons. The zero-order chi connectivity index (χ0) is 15.4. The number of carbonyl (C=O) groups excluding carboxylic acids is 1. The number of aryl methyl sites for hydroxylation is 1. The molecule has 1 aromatic heterocycles. The summed E-state index contributed by atoms with van der Waals surface area (Å²) < 4.78 is 0. The maximum Gasteiger partial charge on any atom is 0.241 e. The van der Waals surface area contributed by atoms with Crippen LogP contribution < -0.4 is 5.32 Å². The van der Waals surface area contributed by atoms with E-state index in [-0.39, 0.29) is 18.1 Å². The highest BCUT2D eigenvalue weighted by Gasteiger charge is 2.41. The summed E-state index contributed by atoms with van der Waals surface area (Å²) in [5.41, 5.74) is 0. The van der Waals surface area contributed by atoms with Crippen molar-refractivity contribution in [2.45, 2.75) is 45.8 Å². The van der Waals surface area contributed by atoms with Gasteiger partial charge in [-0.3, -0.25) is 10.1 Å². The van der Waals surface area contributed by atoms with Crippen LogP contribution in [0.1, 0.15) is 42.6 Å². The molecule has 0 saturated carbocycles. The highest BCUT2D eigenvalue weighted by Crippen LogP contribution is 2.32. The number of carbonyl (C=O) groups is 1. The van der Waals surface area contributed by atoms with Crippen molar-refractivity contribution in [1.29, 1.82) is 0 Å². The second-order valence-corrected chi connectivity index (χ2v) is 8.06. The molecule has 3 nitrogen and oxygen atoms in total. The fourth-order valence-electron chi connectivity index (χ4n) is 2.74. The Kier molecular flexibility index (Phi) is 6.14. The van der Waals surface area contributed by atoms with Crippen molar-refractivity contribution >= 4 is 29.0 Å². The third kappa shape index (κ3) is 3.82. The molecule has 3 atom stereocenters. The Balaban J connectivity index is 2.16. The Morgan fingerprint density at radius 3 is 2.81 bits per heavy atom. The maximum absolute atomic E-state index is 12.8. The minimum atomic E-state index is -0.0308. The number of hydrogen-bond donors (Lipinski definition) is 1. The smallest absolute Gasteiger partial charge is 0.241 e. The van der Waals surface area contributed by atoms with Crippen molar-refractivity contribution in [2.24, 2.45) is 5.92 Å². The minimum absolute atomic E-state index is 0.0308. The molecule has 5 heteroatoms. The summed E-state index contributed by atoms with van der Waals surface area (Å²) in [5.74, 6) is 1.77. The van der Waals surface area contributed by atoms with E-state index >= 15 is 0 Å². The number of nitrogens with one attached hydrogen (secondary N) is 1. The van der Waals surface area contributed by atoms with Crippen LogP contribution in [0.3, 0.4) is 0 Å². The molecule has 0 aromatic carbocycles. The van der Waals surface area contributed by atoms with Crippen molar-refractivity contribution in [2.75, 3.05) is 18.6 Å². The van der Waals surface area contributed by atoms with Crippen LogP contribution in [0.4, 0.5) is 0 Å². The molecule has 0 bridgehead atoms. The summed E-state index contributed by atoms with van der Waals surface area (Å²) in [4.78, 5) is 17.4. The first kappa shape index (κ1) is 16.8. The number of amides is 1. The summed E-state index contributed by atoms with van der Waals surface area (Å²) in [6, 6.07) is 4.27. The summed E-state index contributed by atoms with van der Waals surface area (Å²) in [7, 11) is 0. The Morgan fingerprint density at radius 1 is 1.48 bits per heavy atom. The monoisotopic (exact) mass is 326 g/mol. The van der Waals surface area contributed by atoms with Gasteiger partial charge >= 0.3 is 0 Å². The van der Waals surface area contributed by atoms with Gasteiger partial charge in [0.25, 0.3) is 0 Å². The molecule has 0 aliphatic carbocycles. The third-order valence-corrected chi connectivity index (χ3v) is 5.94. The lowest BCUT2D eigenvalue weighted by molar-refractivity contribution is -0.130. The van der Waals surface area contributed by atoms with Crippen LogP contribution in [0, 0.1) is 12.8 Å². The van der Waals surface area contributed by atoms with E-state index in [0.29, 0.717) is 5.92 Å². The van der Waals surface area contributed by atoms with Gasteiger partial charge in [0.15, 0.2) is 0 Å². The lowest BCUT2D eigenvalue weighted by atomic mass is 9.99. The Bertz CT molecular complexity index is 475. The zero-order valence-electron chi connectivity index (χ0n) is 13.4. The van der Waals surface area contributed by atoms with E-state index in [1.54, 1.807) is 11.3 Å². The van der Waals surface area contributed by atoms with Gasteiger partial charge in [-0.2, -0.15) is 11.8 Å². The first-order valence-electron chi connectivity index (χ1n) is 7.70. The van der Waals surface area contributed by atoms with E-state index in [9.17, 15) is 4.79 Å². The normalized spacial score (nSPS) is 23.8. The highest BCUT2D eigenvalue weighted by molar-refractivity contribution is 7.98. The predicted octanol–water partition coefficient (Wildman–Crippen LogP) is 3.65. The van der Waals surface area contributed by atoms with Crippen molar-refractivity contribution in [3.63, 3.8) is 0 Å². The van der Waals surface area contributed by atoms with Gasteiger partial charge in [-0.05, 0) is 43.4 Å². The molecule has 1 amide bonds. The van der Waals surface area contributed by atoms with E-state index in [4.69, 9.17) is 0 Å². The van der Waals surface area contributed by atoms with E-state index in [1.165, 1.54) is 9.75 Å². The predicted molar refractivity (Wildman–Crippen MR) is 92.9 cm³/mol. The van der Waals surface area contributed by atoms with E-state index < -0.39 is 0 Å². The van der Waals surface area contributed by atoms with E-state index in [2.05, 4.69) is 49.4 Å². The molecule has 1 saturated heterocycles. The molecule has 1 N–H and O–H groups in total. The molecule has 3 unspecified atom stereocenters. The third-order valence-electron chi connectivity index (χ3n) is 4.19. The van der Waals surface area contributed by atoms with E-state index in [1.807, 2.05) is 11.8 Å². The standard InChI is InChI=1S/C16H26N2OS2/c1-5-11(2)14-16(19)18(9-6-10-20-4)15(17-14)13-8-7-12(3)21-13/h7-8,11,14-15,17H,5-6,9-10H2,1-4H3. The van der Waals surface area contributed by atoms with Crippen molar-refractivity contribution in [3.05, 3.63) is 21.9 Å². The average Bonchev–Trinajstić information content (AvgIpc) is 3.03. The Hall–Kier alpha value is -0.520. The molecular formula is C16H26N2OS2. The van der Waals surface area contributed by atoms with Crippen LogP contribution in [0.5, 0.6) is 0 Å². The van der Waals surface area contributed by atoms with E-state index in [0.717, 1.165) is 25.1 Å². The molecule has 2 rings (SSSR count). The first-order valence-corrected chi connectivity index (χ1v) is 9.91. The summed E-state index contributed by atoms with van der Waals surface area (Å²) in [6.45, 7) is 7.29. The maximum atomic E-state index is 12.8. The van der Waals surface area contributed by atoms with Gasteiger partial charge in [-0.15, -0.1) is 11.3 Å². The largest absolute Gasteiger partial charge is 0.321 e. The molecule has 21 heavy (non-hydrogen) atoms. The fraction of sp³-hybridized carbons (Fsp3) is 0.688. The fourth-order valence-corrected chi connectivity index (χ4v) is 4.10. The number of rotatable bonds is 7. The highest BCUT2D eigenvalue weighted by atomic mass is 32.2.